The summed E-state index contributed by atoms with van der Waals surface area (Å²) in [5.41, 5.74) is 6.07. The minimum atomic E-state index is -0.282. The second-order valence-corrected chi connectivity index (χ2v) is 5.39. The van der Waals surface area contributed by atoms with Crippen LogP contribution in [0.15, 0.2) is 16.7 Å². The Balaban J connectivity index is 2.23. The quantitative estimate of drug-likeness (QED) is 0.891. The fraction of sp³-hybridized carbons (Fsp3) is 0.455. The Kier molecular flexibility index (Phi) is 3.07. The SMILES string of the molecule is Cc1ccc(C(N)c2noc(C(C)C)n2)s1. The van der Waals surface area contributed by atoms with Crippen LogP contribution in [-0.4, -0.2) is 10.1 Å². The van der Waals surface area contributed by atoms with Crippen molar-refractivity contribution in [2.45, 2.75) is 32.7 Å². The molecule has 0 aliphatic carbocycles. The van der Waals surface area contributed by atoms with E-state index in [9.17, 15) is 0 Å². The van der Waals surface area contributed by atoms with Crippen molar-refractivity contribution in [3.63, 3.8) is 0 Å². The number of rotatable bonds is 3. The first-order valence-electron chi connectivity index (χ1n) is 5.23. The molecule has 0 aromatic carbocycles. The fourth-order valence-corrected chi connectivity index (χ4v) is 2.23. The van der Waals surface area contributed by atoms with Gasteiger partial charge in [0.05, 0.1) is 0 Å². The molecular formula is C11H15N3OS. The summed E-state index contributed by atoms with van der Waals surface area (Å²) in [6, 6.07) is 3.77. The van der Waals surface area contributed by atoms with E-state index in [1.807, 2.05) is 26.0 Å². The Morgan fingerprint density at radius 2 is 2.12 bits per heavy atom. The molecule has 1 atom stereocenters. The smallest absolute Gasteiger partial charge is 0.229 e. The van der Waals surface area contributed by atoms with Crippen LogP contribution in [0.3, 0.4) is 0 Å². The summed E-state index contributed by atoms with van der Waals surface area (Å²) in [4.78, 5) is 6.60. The highest BCUT2D eigenvalue weighted by atomic mass is 32.1. The predicted molar refractivity (Wildman–Crippen MR) is 63.5 cm³/mol. The summed E-state index contributed by atoms with van der Waals surface area (Å²) >= 11 is 1.66. The summed E-state index contributed by atoms with van der Waals surface area (Å²) in [5.74, 6) is 1.43. The van der Waals surface area contributed by atoms with Crippen molar-refractivity contribution < 1.29 is 4.52 Å². The van der Waals surface area contributed by atoms with Gasteiger partial charge in [0.1, 0.15) is 6.04 Å². The lowest BCUT2D eigenvalue weighted by Gasteiger charge is -2.02. The summed E-state index contributed by atoms with van der Waals surface area (Å²) < 4.78 is 5.14. The molecular weight excluding hydrogens is 222 g/mol. The Labute approximate surface area is 98.5 Å². The molecule has 0 saturated heterocycles. The Bertz CT molecular complexity index is 475. The lowest BCUT2D eigenvalue weighted by molar-refractivity contribution is 0.359. The normalized spacial score (nSPS) is 13.3. The summed E-state index contributed by atoms with van der Waals surface area (Å²) in [7, 11) is 0. The first-order valence-corrected chi connectivity index (χ1v) is 6.05. The molecule has 0 aliphatic rings. The van der Waals surface area contributed by atoms with Crippen molar-refractivity contribution in [2.24, 2.45) is 5.73 Å². The highest BCUT2D eigenvalue weighted by molar-refractivity contribution is 7.12. The number of nitrogens with zero attached hydrogens (tertiary/aromatic N) is 2. The van der Waals surface area contributed by atoms with Crippen molar-refractivity contribution in [1.29, 1.82) is 0 Å². The van der Waals surface area contributed by atoms with Gasteiger partial charge >= 0.3 is 0 Å². The van der Waals surface area contributed by atoms with Crippen LogP contribution in [0.25, 0.3) is 0 Å². The predicted octanol–water partition coefficient (Wildman–Crippen LogP) is 2.61. The number of hydrogen-bond acceptors (Lipinski definition) is 5. The van der Waals surface area contributed by atoms with E-state index >= 15 is 0 Å². The summed E-state index contributed by atoms with van der Waals surface area (Å²) in [6.45, 7) is 6.08. The van der Waals surface area contributed by atoms with Gasteiger partial charge in [0, 0.05) is 15.7 Å². The molecule has 2 aromatic rings. The van der Waals surface area contributed by atoms with Crippen molar-refractivity contribution in [3.8, 4) is 0 Å². The van der Waals surface area contributed by atoms with Crippen molar-refractivity contribution in [1.82, 2.24) is 10.1 Å². The molecule has 0 amide bonds. The van der Waals surface area contributed by atoms with Gasteiger partial charge in [-0.3, -0.25) is 0 Å². The second-order valence-electron chi connectivity index (χ2n) is 4.07. The molecule has 5 heteroatoms. The fourth-order valence-electron chi connectivity index (χ4n) is 1.36. The summed E-state index contributed by atoms with van der Waals surface area (Å²) in [6.07, 6.45) is 0. The maximum absolute atomic E-state index is 6.07. The number of nitrogens with two attached hydrogens (primary N) is 1. The third-order valence-electron chi connectivity index (χ3n) is 2.30. The van der Waals surface area contributed by atoms with Crippen LogP contribution in [-0.2, 0) is 0 Å². The van der Waals surface area contributed by atoms with Gasteiger partial charge in [-0.05, 0) is 19.1 Å². The van der Waals surface area contributed by atoms with Crippen LogP contribution in [0.4, 0.5) is 0 Å². The van der Waals surface area contributed by atoms with Crippen LogP contribution in [0, 0.1) is 6.92 Å². The molecule has 2 heterocycles. The molecule has 0 saturated carbocycles. The highest BCUT2D eigenvalue weighted by Crippen LogP contribution is 2.25. The van der Waals surface area contributed by atoms with Gasteiger partial charge in [-0.1, -0.05) is 19.0 Å². The van der Waals surface area contributed by atoms with Gasteiger partial charge in [0.25, 0.3) is 0 Å². The number of aryl methyl sites for hydroxylation is 1. The van der Waals surface area contributed by atoms with E-state index in [4.69, 9.17) is 10.3 Å². The van der Waals surface area contributed by atoms with E-state index in [1.54, 1.807) is 11.3 Å². The van der Waals surface area contributed by atoms with E-state index in [0.717, 1.165) is 4.88 Å². The van der Waals surface area contributed by atoms with Gasteiger partial charge in [-0.25, -0.2) is 0 Å². The van der Waals surface area contributed by atoms with Gasteiger partial charge in [-0.15, -0.1) is 11.3 Å². The van der Waals surface area contributed by atoms with Gasteiger partial charge in [0.15, 0.2) is 5.82 Å². The molecule has 2 N–H and O–H groups in total. The van der Waals surface area contributed by atoms with Crippen LogP contribution in [0.1, 0.15) is 47.3 Å². The maximum Gasteiger partial charge on any atom is 0.229 e. The van der Waals surface area contributed by atoms with Gasteiger partial charge in [0.2, 0.25) is 5.89 Å². The minimum Gasteiger partial charge on any atom is -0.339 e. The zero-order valence-corrected chi connectivity index (χ0v) is 10.4. The first kappa shape index (κ1) is 11.3. The van der Waals surface area contributed by atoms with E-state index in [0.29, 0.717) is 11.7 Å². The van der Waals surface area contributed by atoms with Crippen LogP contribution >= 0.6 is 11.3 Å². The van der Waals surface area contributed by atoms with E-state index in [2.05, 4.69) is 17.1 Å². The third kappa shape index (κ3) is 2.15. The maximum atomic E-state index is 6.07. The molecule has 0 aliphatic heterocycles. The highest BCUT2D eigenvalue weighted by Gasteiger charge is 2.18. The van der Waals surface area contributed by atoms with E-state index in [1.165, 1.54) is 4.88 Å². The minimum absolute atomic E-state index is 0.235. The molecule has 0 spiro atoms. The monoisotopic (exact) mass is 237 g/mol. The largest absolute Gasteiger partial charge is 0.339 e. The standard InChI is InChI=1S/C11H15N3OS/c1-6(2)11-13-10(14-15-11)9(12)8-5-4-7(3)16-8/h4-6,9H,12H2,1-3H3. The van der Waals surface area contributed by atoms with Crippen molar-refractivity contribution in [3.05, 3.63) is 33.6 Å². The Hall–Kier alpha value is -1.20. The lowest BCUT2D eigenvalue weighted by atomic mass is 10.2. The van der Waals surface area contributed by atoms with Crippen molar-refractivity contribution >= 4 is 11.3 Å². The topological polar surface area (TPSA) is 64.9 Å². The molecule has 1 unspecified atom stereocenters. The summed E-state index contributed by atoms with van der Waals surface area (Å²) in [5, 5.41) is 3.92. The molecule has 2 rings (SSSR count). The average Bonchev–Trinajstić information content (AvgIpc) is 2.84. The number of hydrogen-bond donors (Lipinski definition) is 1. The molecule has 4 nitrogen and oxygen atoms in total. The molecule has 0 bridgehead atoms. The van der Waals surface area contributed by atoms with Crippen LogP contribution < -0.4 is 5.73 Å². The van der Waals surface area contributed by atoms with Gasteiger partial charge < -0.3 is 10.3 Å². The average molecular weight is 237 g/mol. The first-order chi connectivity index (χ1) is 7.58. The number of thiophene rings is 1. The van der Waals surface area contributed by atoms with Crippen molar-refractivity contribution in [2.75, 3.05) is 0 Å². The van der Waals surface area contributed by atoms with Crippen LogP contribution in [0.5, 0.6) is 0 Å². The second kappa shape index (κ2) is 4.35. The molecule has 0 radical (unpaired) electrons. The molecule has 16 heavy (non-hydrogen) atoms. The Morgan fingerprint density at radius 1 is 1.38 bits per heavy atom. The molecule has 86 valence electrons. The molecule has 0 fully saturated rings. The molecule has 2 aromatic heterocycles. The number of aromatic nitrogens is 2. The zero-order valence-electron chi connectivity index (χ0n) is 9.60. The lowest BCUT2D eigenvalue weighted by Crippen LogP contribution is -2.12. The van der Waals surface area contributed by atoms with Gasteiger partial charge in [-0.2, -0.15) is 4.98 Å². The Morgan fingerprint density at radius 3 is 2.62 bits per heavy atom. The zero-order chi connectivity index (χ0) is 11.7. The van der Waals surface area contributed by atoms with E-state index in [-0.39, 0.29) is 12.0 Å². The van der Waals surface area contributed by atoms with Crippen LogP contribution in [0.2, 0.25) is 0 Å². The third-order valence-corrected chi connectivity index (χ3v) is 3.38. The van der Waals surface area contributed by atoms with E-state index < -0.39 is 0 Å².